The fraction of sp³-hybridized carbons (Fsp3) is 0.479. The van der Waals surface area contributed by atoms with Gasteiger partial charge in [-0.25, -0.2) is 0 Å². The Morgan fingerprint density at radius 1 is 0.814 bits per heavy atom. The van der Waals surface area contributed by atoms with Gasteiger partial charge in [-0.05, 0) is 72.7 Å². The van der Waals surface area contributed by atoms with Gasteiger partial charge >= 0.3 is 0 Å². The third-order valence-corrected chi connectivity index (χ3v) is 13.0. The fourth-order valence-corrected chi connectivity index (χ4v) is 9.29. The Bertz CT molecular complexity index is 1800. The Hall–Kier alpha value is -3.01. The number of unbranched alkanes of at least 4 members (excludes halogenated alkanes) is 3. The maximum atomic E-state index is 10.4. The molecule has 59 heavy (non-hydrogen) atoms. The molecule has 0 aliphatic carbocycles. The number of phenols is 1. The highest BCUT2D eigenvalue weighted by Crippen LogP contribution is 2.47. The van der Waals surface area contributed by atoms with Crippen LogP contribution in [0.15, 0.2) is 97.1 Å². The summed E-state index contributed by atoms with van der Waals surface area (Å²) in [5.41, 5.74) is 3.63. The lowest BCUT2D eigenvalue weighted by molar-refractivity contribution is -0.931. The number of benzene rings is 4. The van der Waals surface area contributed by atoms with E-state index in [2.05, 4.69) is 74.0 Å². The first-order valence-electron chi connectivity index (χ1n) is 20.8. The zero-order valence-corrected chi connectivity index (χ0v) is 37.6. The molecule has 2 bridgehead atoms. The second-order valence-electron chi connectivity index (χ2n) is 16.4. The standard InChI is InChI=1S/C24H33Cl2NO5.C24H29N2.BrH/c25-21-6-5-7-22(26)20(21)17-32-13-12-31-11-4-2-1-3-10-27-15-24(30)18-8-9-23(29)19(14-18)16-28;1-26(2)22-13-14-23(26)16-19(15-22)17-24(18-25,20-9-5-3-6-10-20)21-11-7-4-8-12-21;/h5-9,14,24,27-30H,1-4,10-13,15-17H2;3-12,19,22-23H,13-17H2,1-2H3;1H/q;+1;/p-1/t24-;19?,22-,23+;/m0../s1. The number of ether oxygens (including phenoxy) is 2. The predicted octanol–water partition coefficient (Wildman–Crippen LogP) is 6.52. The van der Waals surface area contributed by atoms with Crippen molar-refractivity contribution in [1.29, 1.82) is 5.26 Å². The highest BCUT2D eigenvalue weighted by molar-refractivity contribution is 6.35. The summed E-state index contributed by atoms with van der Waals surface area (Å²) in [7, 11) is 4.81. The first kappa shape index (κ1) is 48.7. The van der Waals surface area contributed by atoms with Crippen molar-refractivity contribution in [3.05, 3.63) is 135 Å². The van der Waals surface area contributed by atoms with Crippen molar-refractivity contribution in [1.82, 2.24) is 5.32 Å². The van der Waals surface area contributed by atoms with Gasteiger partial charge in [0.05, 0.1) is 64.8 Å². The van der Waals surface area contributed by atoms with E-state index in [1.165, 1.54) is 36.2 Å². The van der Waals surface area contributed by atoms with Gasteiger partial charge in [-0.3, -0.25) is 0 Å². The predicted molar refractivity (Wildman–Crippen MR) is 233 cm³/mol. The number of aliphatic hydroxyl groups excluding tert-OH is 2. The summed E-state index contributed by atoms with van der Waals surface area (Å²) in [6, 6.07) is 35.3. The average molecular weight is 912 g/mol. The molecule has 2 heterocycles. The van der Waals surface area contributed by atoms with E-state index < -0.39 is 11.5 Å². The van der Waals surface area contributed by atoms with Gasteiger partial charge in [0.15, 0.2) is 0 Å². The molecule has 8 nitrogen and oxygen atoms in total. The number of nitrogens with one attached hydrogen (secondary N) is 1. The molecule has 0 saturated carbocycles. The molecule has 0 aromatic heterocycles. The number of fused-ring (bicyclic) bond motifs is 2. The Morgan fingerprint density at radius 3 is 2.00 bits per heavy atom. The first-order chi connectivity index (χ1) is 28.1. The number of piperidine rings is 1. The number of hydrogen-bond acceptors (Lipinski definition) is 7. The lowest BCUT2D eigenvalue weighted by Gasteiger charge is -2.45. The van der Waals surface area contributed by atoms with Crippen LogP contribution in [-0.4, -0.2) is 78.9 Å². The number of halogens is 3. The normalized spacial score (nSPS) is 18.6. The van der Waals surface area contributed by atoms with Crippen LogP contribution < -0.4 is 22.3 Å². The summed E-state index contributed by atoms with van der Waals surface area (Å²) in [5, 5.41) is 43.9. The topological polar surface area (TPSA) is 115 Å². The van der Waals surface area contributed by atoms with Gasteiger partial charge in [-0.15, -0.1) is 0 Å². The quantitative estimate of drug-likeness (QED) is 0.0591. The molecule has 2 saturated heterocycles. The second-order valence-corrected chi connectivity index (χ2v) is 17.2. The Morgan fingerprint density at radius 2 is 1.41 bits per heavy atom. The highest BCUT2D eigenvalue weighted by Gasteiger charge is 2.50. The van der Waals surface area contributed by atoms with Crippen molar-refractivity contribution in [3.8, 4) is 11.8 Å². The van der Waals surface area contributed by atoms with E-state index in [9.17, 15) is 20.6 Å². The van der Waals surface area contributed by atoms with E-state index in [4.69, 9.17) is 32.7 Å². The van der Waals surface area contributed by atoms with E-state index in [0.29, 0.717) is 60.1 Å². The van der Waals surface area contributed by atoms with Crippen molar-refractivity contribution < 1.29 is 46.3 Å². The number of aromatic hydroxyl groups is 1. The maximum Gasteiger partial charge on any atom is 0.121 e. The molecule has 4 atom stereocenters. The van der Waals surface area contributed by atoms with Crippen molar-refractivity contribution >= 4 is 23.2 Å². The van der Waals surface area contributed by atoms with Gasteiger partial charge in [0.25, 0.3) is 0 Å². The van der Waals surface area contributed by atoms with Gasteiger partial charge < -0.3 is 51.6 Å². The molecule has 0 spiro atoms. The number of quaternary nitrogens is 1. The maximum absolute atomic E-state index is 10.4. The van der Waals surface area contributed by atoms with E-state index in [1.807, 2.05) is 18.2 Å². The molecule has 0 radical (unpaired) electrons. The Labute approximate surface area is 372 Å². The van der Waals surface area contributed by atoms with E-state index >= 15 is 0 Å². The minimum Gasteiger partial charge on any atom is -1.00 e. The first-order valence-corrected chi connectivity index (χ1v) is 21.6. The van der Waals surface area contributed by atoms with Gasteiger partial charge in [0, 0.05) is 60.0 Å². The highest BCUT2D eigenvalue weighted by atomic mass is 79.9. The number of aliphatic hydroxyl groups is 2. The number of nitrogens with zero attached hydrogens (tertiary/aromatic N) is 2. The van der Waals surface area contributed by atoms with Crippen molar-refractivity contribution in [2.24, 2.45) is 5.92 Å². The minimum atomic E-state index is -0.675. The van der Waals surface area contributed by atoms with Crippen LogP contribution >= 0.6 is 23.2 Å². The van der Waals surface area contributed by atoms with E-state index in [0.717, 1.165) is 67.4 Å². The number of rotatable bonds is 20. The number of nitriles is 1. The average Bonchev–Trinajstić information content (AvgIpc) is 3.36. The second kappa shape index (κ2) is 24.4. The molecule has 4 aromatic rings. The van der Waals surface area contributed by atoms with Crippen LogP contribution in [0.1, 0.15) is 91.7 Å². The molecule has 6 rings (SSSR count). The van der Waals surface area contributed by atoms with Crippen LogP contribution in [0.4, 0.5) is 0 Å². The molecule has 2 fully saturated rings. The van der Waals surface area contributed by atoms with Crippen LogP contribution in [-0.2, 0) is 28.1 Å². The third kappa shape index (κ3) is 13.5. The molecule has 11 heteroatoms. The molecule has 2 aliphatic heterocycles. The van der Waals surface area contributed by atoms with Gasteiger partial charge in [-0.1, -0.05) is 109 Å². The Kier molecular flexibility index (Phi) is 20.2. The summed E-state index contributed by atoms with van der Waals surface area (Å²) in [6.07, 6.45) is 9.66. The monoisotopic (exact) mass is 909 g/mol. The molecule has 4 N–H and O–H groups in total. The van der Waals surface area contributed by atoms with E-state index in [-0.39, 0.29) is 29.3 Å². The summed E-state index contributed by atoms with van der Waals surface area (Å²) in [5.74, 6) is 0.661. The molecule has 320 valence electrons. The van der Waals surface area contributed by atoms with Crippen LogP contribution in [0.3, 0.4) is 0 Å². The van der Waals surface area contributed by atoms with Gasteiger partial charge in [-0.2, -0.15) is 5.26 Å². The summed E-state index contributed by atoms with van der Waals surface area (Å²) in [4.78, 5) is 0. The van der Waals surface area contributed by atoms with Gasteiger partial charge in [0.1, 0.15) is 11.2 Å². The van der Waals surface area contributed by atoms with Crippen LogP contribution in [0, 0.1) is 17.2 Å². The molecular weight excluding hydrogens is 849 g/mol. The van der Waals surface area contributed by atoms with Crippen LogP contribution in [0.5, 0.6) is 5.75 Å². The lowest BCUT2D eigenvalue weighted by atomic mass is 9.67. The summed E-state index contributed by atoms with van der Waals surface area (Å²) in [6.45, 7) is 3.11. The zero-order valence-electron chi connectivity index (χ0n) is 34.5. The molecule has 1 unspecified atom stereocenters. The zero-order chi connectivity index (χ0) is 41.4. The summed E-state index contributed by atoms with van der Waals surface area (Å²) >= 11 is 12.2. The van der Waals surface area contributed by atoms with Crippen molar-refractivity contribution in [3.63, 3.8) is 0 Å². The van der Waals surface area contributed by atoms with Crippen molar-refractivity contribution in [2.45, 2.75) is 94.6 Å². The molecule has 4 aromatic carbocycles. The molecule has 2 aliphatic rings. The molecular formula is C48H62BrCl2N3O5. The van der Waals surface area contributed by atoms with Crippen LogP contribution in [0.25, 0.3) is 0 Å². The number of hydrogen-bond donors (Lipinski definition) is 4. The van der Waals surface area contributed by atoms with E-state index in [1.54, 1.807) is 24.3 Å². The fourth-order valence-electron chi connectivity index (χ4n) is 8.78. The van der Waals surface area contributed by atoms with Crippen LogP contribution in [0.2, 0.25) is 10.0 Å². The smallest absolute Gasteiger partial charge is 0.121 e. The van der Waals surface area contributed by atoms with Crippen molar-refractivity contribution in [2.75, 3.05) is 47.0 Å². The minimum absolute atomic E-state index is 0. The third-order valence-electron chi connectivity index (χ3n) is 12.3. The molecule has 0 amide bonds. The lowest BCUT2D eigenvalue weighted by Crippen LogP contribution is -3.00. The van der Waals surface area contributed by atoms with Gasteiger partial charge in [0.2, 0.25) is 0 Å². The Balaban J connectivity index is 0.000000261. The largest absolute Gasteiger partial charge is 1.00 e. The summed E-state index contributed by atoms with van der Waals surface area (Å²) < 4.78 is 12.4. The SMILES string of the molecule is C[N+]1(C)[C@@H]2CC[C@H]1CC(CC(C#N)(c1ccccc1)c1ccccc1)C2.OCc1cc([C@@H](O)CNCCCCCCOCCOCc2c(Cl)cccc2Cl)ccc1O.[Br-].